The summed E-state index contributed by atoms with van der Waals surface area (Å²) in [6, 6.07) is 10.3. The number of aromatic nitrogens is 1. The smallest absolute Gasteiger partial charge is 0.135 e. The summed E-state index contributed by atoms with van der Waals surface area (Å²) in [6.07, 6.45) is 3.39. The van der Waals surface area contributed by atoms with Gasteiger partial charge in [-0.3, -0.25) is 0 Å². The SMILES string of the molecule is CCC.COc1ccc(-c2c(Br)c(C#N)n3c2CCC3)cc1. The maximum atomic E-state index is 9.30. The van der Waals surface area contributed by atoms with Gasteiger partial charge >= 0.3 is 0 Å². The van der Waals surface area contributed by atoms with E-state index in [-0.39, 0.29) is 0 Å². The molecule has 4 heteroatoms. The lowest BCUT2D eigenvalue weighted by atomic mass is 10.0. The zero-order valence-corrected chi connectivity index (χ0v) is 14.9. The minimum atomic E-state index is 0.735. The van der Waals surface area contributed by atoms with Crippen molar-refractivity contribution in [1.29, 1.82) is 5.26 Å². The van der Waals surface area contributed by atoms with Crippen molar-refractivity contribution < 1.29 is 4.74 Å². The molecule has 0 saturated heterocycles. The molecule has 22 heavy (non-hydrogen) atoms. The van der Waals surface area contributed by atoms with Gasteiger partial charge in [-0.15, -0.1) is 0 Å². The lowest BCUT2D eigenvalue weighted by Gasteiger charge is -2.05. The van der Waals surface area contributed by atoms with Crippen LogP contribution in [0.2, 0.25) is 0 Å². The Balaban J connectivity index is 0.000000545. The van der Waals surface area contributed by atoms with Crippen LogP contribution in [0, 0.1) is 11.3 Å². The Morgan fingerprint density at radius 1 is 1.27 bits per heavy atom. The predicted molar refractivity (Wildman–Crippen MR) is 93.1 cm³/mol. The minimum Gasteiger partial charge on any atom is -0.497 e. The molecule has 0 amide bonds. The first kappa shape index (κ1) is 16.6. The Kier molecular flexibility index (Phi) is 5.68. The molecule has 1 aromatic heterocycles. The van der Waals surface area contributed by atoms with E-state index in [1.807, 2.05) is 24.3 Å². The highest BCUT2D eigenvalue weighted by Crippen LogP contribution is 2.40. The summed E-state index contributed by atoms with van der Waals surface area (Å²) >= 11 is 3.59. The van der Waals surface area contributed by atoms with Crippen molar-refractivity contribution in [3.63, 3.8) is 0 Å². The summed E-state index contributed by atoms with van der Waals surface area (Å²) in [5, 5.41) is 9.30. The molecule has 0 spiro atoms. The van der Waals surface area contributed by atoms with Gasteiger partial charge in [-0.2, -0.15) is 5.26 Å². The van der Waals surface area contributed by atoms with E-state index < -0.39 is 0 Å². The molecule has 3 rings (SSSR count). The van der Waals surface area contributed by atoms with Gasteiger partial charge in [0.2, 0.25) is 0 Å². The summed E-state index contributed by atoms with van der Waals surface area (Å²) in [5.74, 6) is 0.844. The fourth-order valence-corrected chi connectivity index (χ4v) is 3.47. The monoisotopic (exact) mass is 360 g/mol. The number of hydrogen-bond donors (Lipinski definition) is 0. The van der Waals surface area contributed by atoms with Gasteiger partial charge in [0, 0.05) is 17.8 Å². The van der Waals surface area contributed by atoms with Crippen LogP contribution in [0.15, 0.2) is 28.7 Å². The number of hydrogen-bond acceptors (Lipinski definition) is 2. The zero-order chi connectivity index (χ0) is 16.1. The highest BCUT2D eigenvalue weighted by Gasteiger charge is 2.25. The van der Waals surface area contributed by atoms with Crippen LogP contribution in [0.25, 0.3) is 11.1 Å². The number of nitriles is 1. The van der Waals surface area contributed by atoms with E-state index in [0.29, 0.717) is 0 Å². The van der Waals surface area contributed by atoms with Crippen molar-refractivity contribution in [3.8, 4) is 22.9 Å². The van der Waals surface area contributed by atoms with Crippen molar-refractivity contribution in [3.05, 3.63) is 40.1 Å². The van der Waals surface area contributed by atoms with Gasteiger partial charge in [0.1, 0.15) is 17.5 Å². The molecule has 0 fully saturated rings. The number of fused-ring (bicyclic) bond motifs is 1. The molecule has 0 radical (unpaired) electrons. The van der Waals surface area contributed by atoms with E-state index in [2.05, 4.69) is 40.4 Å². The zero-order valence-electron chi connectivity index (χ0n) is 13.3. The molecule has 3 nitrogen and oxygen atoms in total. The highest BCUT2D eigenvalue weighted by molar-refractivity contribution is 9.10. The van der Waals surface area contributed by atoms with Gasteiger partial charge in [0.15, 0.2) is 0 Å². The van der Waals surface area contributed by atoms with Crippen LogP contribution < -0.4 is 4.74 Å². The van der Waals surface area contributed by atoms with Crippen molar-refractivity contribution in [2.24, 2.45) is 0 Å². The summed E-state index contributed by atoms with van der Waals surface area (Å²) in [4.78, 5) is 0. The summed E-state index contributed by atoms with van der Waals surface area (Å²) in [6.45, 7) is 5.19. The fourth-order valence-electron chi connectivity index (χ4n) is 2.71. The Bertz CT molecular complexity index is 681. The topological polar surface area (TPSA) is 37.9 Å². The van der Waals surface area contributed by atoms with Gasteiger partial charge in [-0.25, -0.2) is 0 Å². The maximum Gasteiger partial charge on any atom is 0.135 e. The molecule has 1 aliphatic rings. The lowest BCUT2D eigenvalue weighted by molar-refractivity contribution is 0.415. The molecule has 116 valence electrons. The molecule has 2 heterocycles. The van der Waals surface area contributed by atoms with Crippen molar-refractivity contribution in [2.75, 3.05) is 7.11 Å². The molecule has 0 unspecified atom stereocenters. The van der Waals surface area contributed by atoms with Crippen LogP contribution in [0.4, 0.5) is 0 Å². The number of methoxy groups -OCH3 is 1. The first-order chi connectivity index (χ1) is 10.7. The summed E-state index contributed by atoms with van der Waals surface area (Å²) in [5.41, 5.74) is 4.27. The third-order valence-electron chi connectivity index (χ3n) is 3.59. The first-order valence-corrected chi connectivity index (χ1v) is 8.42. The van der Waals surface area contributed by atoms with E-state index in [1.54, 1.807) is 7.11 Å². The highest BCUT2D eigenvalue weighted by atomic mass is 79.9. The van der Waals surface area contributed by atoms with Gasteiger partial charge < -0.3 is 9.30 Å². The van der Waals surface area contributed by atoms with Crippen molar-refractivity contribution in [1.82, 2.24) is 4.57 Å². The van der Waals surface area contributed by atoms with Crippen LogP contribution >= 0.6 is 15.9 Å². The van der Waals surface area contributed by atoms with Gasteiger partial charge in [0.25, 0.3) is 0 Å². The second kappa shape index (κ2) is 7.51. The van der Waals surface area contributed by atoms with Crippen LogP contribution in [-0.2, 0) is 13.0 Å². The molecule has 2 aromatic rings. The third kappa shape index (κ3) is 3.05. The number of ether oxygens (including phenoxy) is 1. The molecule has 1 aromatic carbocycles. The van der Waals surface area contributed by atoms with Crippen LogP contribution in [0.5, 0.6) is 5.75 Å². The molecule has 0 saturated carbocycles. The van der Waals surface area contributed by atoms with Crippen LogP contribution in [0.3, 0.4) is 0 Å². The average Bonchev–Trinajstić information content (AvgIpc) is 3.08. The predicted octanol–water partition coefficient (Wildman–Crippen LogP) is 5.16. The number of rotatable bonds is 2. The largest absolute Gasteiger partial charge is 0.497 e. The van der Waals surface area contributed by atoms with Crippen molar-refractivity contribution >= 4 is 15.9 Å². The minimum absolute atomic E-state index is 0.735. The van der Waals surface area contributed by atoms with E-state index in [9.17, 15) is 5.26 Å². The Morgan fingerprint density at radius 2 is 1.91 bits per heavy atom. The Hall–Kier alpha value is -1.73. The van der Waals surface area contributed by atoms with Gasteiger partial charge in [-0.05, 0) is 46.5 Å². The van der Waals surface area contributed by atoms with E-state index in [0.717, 1.165) is 46.4 Å². The Labute approximate surface area is 140 Å². The average molecular weight is 361 g/mol. The number of nitrogens with zero attached hydrogens (tertiary/aromatic N) is 2. The Morgan fingerprint density at radius 3 is 2.45 bits per heavy atom. The quantitative estimate of drug-likeness (QED) is 0.741. The molecule has 0 bridgehead atoms. The van der Waals surface area contributed by atoms with E-state index in [4.69, 9.17) is 4.74 Å². The van der Waals surface area contributed by atoms with Crippen molar-refractivity contribution in [2.45, 2.75) is 39.7 Å². The second-order valence-electron chi connectivity index (χ2n) is 5.29. The lowest BCUT2D eigenvalue weighted by Crippen LogP contribution is -1.95. The molecule has 1 aliphatic heterocycles. The van der Waals surface area contributed by atoms with E-state index >= 15 is 0 Å². The molecular weight excluding hydrogens is 340 g/mol. The summed E-state index contributed by atoms with van der Waals surface area (Å²) in [7, 11) is 1.66. The normalized spacial score (nSPS) is 12.1. The summed E-state index contributed by atoms with van der Waals surface area (Å²) < 4.78 is 8.23. The van der Waals surface area contributed by atoms with Gasteiger partial charge in [0.05, 0.1) is 11.6 Å². The number of halogens is 1. The first-order valence-electron chi connectivity index (χ1n) is 7.63. The standard InChI is InChI=1S/C15H13BrN2O.C3H8/c1-19-11-6-4-10(5-7-11)14-12-3-2-8-18(12)13(9-17)15(14)16;1-3-2/h4-7H,2-3,8H2,1H3;3H2,1-2H3. The second-order valence-corrected chi connectivity index (χ2v) is 6.08. The van der Waals surface area contributed by atoms with Crippen LogP contribution in [0.1, 0.15) is 38.1 Å². The molecule has 0 atom stereocenters. The molecule has 0 aliphatic carbocycles. The fraction of sp³-hybridized carbons (Fsp3) is 0.389. The molecular formula is C18H21BrN2O. The van der Waals surface area contributed by atoms with E-state index in [1.165, 1.54) is 12.1 Å². The molecule has 0 N–H and O–H groups in total. The van der Waals surface area contributed by atoms with Gasteiger partial charge in [-0.1, -0.05) is 32.4 Å². The number of benzene rings is 1. The third-order valence-corrected chi connectivity index (χ3v) is 4.36. The van der Waals surface area contributed by atoms with Crippen LogP contribution in [-0.4, -0.2) is 11.7 Å². The maximum absolute atomic E-state index is 9.30.